The number of ketones is 1. The molecule has 28 heavy (non-hydrogen) atoms. The van der Waals surface area contributed by atoms with Gasteiger partial charge in [-0.15, -0.1) is 35.9 Å². The third-order valence-electron chi connectivity index (χ3n) is 4.62. The monoisotopic (exact) mass is 556 g/mol. The van der Waals surface area contributed by atoms with Gasteiger partial charge in [0.1, 0.15) is 0 Å². The number of hydrogen-bond acceptors (Lipinski definition) is 2. The first kappa shape index (κ1) is 24.0. The standard InChI is InChI=1S/C19H20N.C5H8O2.Ir/c1-18(2)15-12-8-9-13-16(15)19(3,4)20-17(18)14-10-6-5-7-11-14;1-4(6)3-5(2)7;/h5-10,12-13H,1-4H3;3,6H,1-2H3;/q-1;;/p+1/b;4-3-;. The SMILES string of the molecule is CC(=[OH+])/C=C(/C)O.CC1(C)N=C(c2[c-]cccc2)C(C)(C)c2ccccc21.[Ir]. The first-order valence-corrected chi connectivity index (χ1v) is 9.13. The predicted molar refractivity (Wildman–Crippen MR) is 113 cm³/mol. The number of aliphatic hydroxyl groups excluding tert-OH is 1. The minimum absolute atomic E-state index is 0. The summed E-state index contributed by atoms with van der Waals surface area (Å²) in [6.07, 6.45) is 1.28. The topological polar surface area (TPSA) is 54.0 Å². The van der Waals surface area contributed by atoms with Gasteiger partial charge in [0, 0.05) is 20.1 Å². The largest absolute Gasteiger partial charge is 0.512 e. The molecule has 1 heterocycles. The first-order valence-electron chi connectivity index (χ1n) is 9.13. The Hall–Kier alpha value is -2.03. The van der Waals surface area contributed by atoms with Crippen LogP contribution in [0, 0.1) is 6.07 Å². The normalized spacial score (nSPS) is 16.5. The zero-order valence-electron chi connectivity index (χ0n) is 17.4. The van der Waals surface area contributed by atoms with E-state index in [0.717, 1.165) is 11.3 Å². The third kappa shape index (κ3) is 5.50. The van der Waals surface area contributed by atoms with Gasteiger partial charge in [0.15, 0.2) is 0 Å². The number of carbonyl (C=O) groups excluding carboxylic acids is 1. The van der Waals surface area contributed by atoms with E-state index in [9.17, 15) is 0 Å². The molecule has 0 fully saturated rings. The molecule has 0 amide bonds. The number of benzene rings is 2. The average Bonchev–Trinajstić information content (AvgIpc) is 2.59. The average molecular weight is 556 g/mol. The molecule has 0 aromatic heterocycles. The van der Waals surface area contributed by atoms with Gasteiger partial charge in [-0.2, -0.15) is 0 Å². The first-order chi connectivity index (χ1) is 12.6. The molecule has 4 heteroatoms. The van der Waals surface area contributed by atoms with Crippen molar-refractivity contribution in [3.8, 4) is 0 Å². The van der Waals surface area contributed by atoms with Crippen molar-refractivity contribution in [3.63, 3.8) is 0 Å². The Bertz CT molecular complexity index is 876. The summed E-state index contributed by atoms with van der Waals surface area (Å²) in [5.74, 6) is 0.250. The number of allylic oxidation sites excluding steroid dienone is 2. The maximum Gasteiger partial charge on any atom is 0.316 e. The summed E-state index contributed by atoms with van der Waals surface area (Å²) in [5.41, 5.74) is 4.63. The minimum Gasteiger partial charge on any atom is -0.512 e. The van der Waals surface area contributed by atoms with Gasteiger partial charge in [-0.25, -0.2) is 0 Å². The molecule has 2 aromatic rings. The molecule has 1 radical (unpaired) electrons. The van der Waals surface area contributed by atoms with Crippen molar-refractivity contribution in [1.82, 2.24) is 0 Å². The van der Waals surface area contributed by atoms with E-state index in [1.54, 1.807) is 0 Å². The molecular weight excluding hydrogens is 526 g/mol. The second kappa shape index (κ2) is 9.45. The van der Waals surface area contributed by atoms with Crippen molar-refractivity contribution in [1.29, 1.82) is 0 Å². The van der Waals surface area contributed by atoms with Gasteiger partial charge in [0.05, 0.1) is 24.3 Å². The van der Waals surface area contributed by atoms with Crippen LogP contribution in [0.15, 0.2) is 65.4 Å². The summed E-state index contributed by atoms with van der Waals surface area (Å²) in [5, 5.41) is 8.40. The van der Waals surface area contributed by atoms with Crippen molar-refractivity contribution in [2.75, 3.05) is 0 Å². The van der Waals surface area contributed by atoms with Crippen molar-refractivity contribution in [2.24, 2.45) is 4.99 Å². The van der Waals surface area contributed by atoms with Crippen LogP contribution in [0.25, 0.3) is 0 Å². The number of aliphatic hydroxyl groups is 1. The predicted octanol–water partition coefficient (Wildman–Crippen LogP) is 5.51. The molecule has 0 aliphatic carbocycles. The van der Waals surface area contributed by atoms with E-state index in [2.05, 4.69) is 70.2 Å². The molecule has 3 rings (SSSR count). The molecule has 2 aromatic carbocycles. The molecule has 151 valence electrons. The summed E-state index contributed by atoms with van der Waals surface area (Å²) >= 11 is 0. The molecule has 0 atom stereocenters. The summed E-state index contributed by atoms with van der Waals surface area (Å²) in [4.78, 5) is 13.5. The van der Waals surface area contributed by atoms with Crippen LogP contribution in [-0.4, -0.2) is 21.4 Å². The van der Waals surface area contributed by atoms with Crippen LogP contribution >= 0.6 is 0 Å². The van der Waals surface area contributed by atoms with E-state index in [4.69, 9.17) is 14.9 Å². The fraction of sp³-hybridized carbons (Fsp3) is 0.333. The second-order valence-electron chi connectivity index (χ2n) is 7.89. The maximum atomic E-state index is 8.40. The Morgan fingerprint density at radius 2 is 1.57 bits per heavy atom. The zero-order chi connectivity index (χ0) is 20.2. The van der Waals surface area contributed by atoms with Crippen LogP contribution < -0.4 is 0 Å². The summed E-state index contributed by atoms with van der Waals surface area (Å²) < 4.78 is 0. The second-order valence-corrected chi connectivity index (χ2v) is 7.89. The van der Waals surface area contributed by atoms with Gasteiger partial charge in [-0.05, 0) is 43.0 Å². The number of rotatable bonds is 2. The molecule has 1 aliphatic heterocycles. The zero-order valence-corrected chi connectivity index (χ0v) is 19.8. The maximum absolute atomic E-state index is 8.40. The van der Waals surface area contributed by atoms with Gasteiger partial charge in [-0.1, -0.05) is 38.1 Å². The number of hydrogen-bond donors (Lipinski definition) is 1. The van der Waals surface area contributed by atoms with Crippen LogP contribution in [-0.2, 0) is 31.1 Å². The van der Waals surface area contributed by atoms with E-state index < -0.39 is 0 Å². The van der Waals surface area contributed by atoms with E-state index in [1.807, 2.05) is 12.1 Å². The van der Waals surface area contributed by atoms with E-state index in [-0.39, 0.29) is 42.6 Å². The van der Waals surface area contributed by atoms with E-state index >= 15 is 0 Å². The van der Waals surface area contributed by atoms with E-state index in [0.29, 0.717) is 0 Å². The van der Waals surface area contributed by atoms with Crippen LogP contribution in [0.5, 0.6) is 0 Å². The van der Waals surface area contributed by atoms with Crippen molar-refractivity contribution < 1.29 is 30.0 Å². The molecular formula is C24H29IrNO2. The Balaban J connectivity index is 0.000000425. The summed E-state index contributed by atoms with van der Waals surface area (Å²) in [7, 11) is 0. The minimum atomic E-state index is -0.189. The van der Waals surface area contributed by atoms with Crippen molar-refractivity contribution in [3.05, 3.63) is 83.1 Å². The van der Waals surface area contributed by atoms with Gasteiger partial charge in [0.25, 0.3) is 0 Å². The Morgan fingerprint density at radius 3 is 2.04 bits per heavy atom. The molecule has 0 saturated heterocycles. The molecule has 0 bridgehead atoms. The van der Waals surface area contributed by atoms with Gasteiger partial charge in [0.2, 0.25) is 0 Å². The van der Waals surface area contributed by atoms with E-state index in [1.165, 1.54) is 31.1 Å². The quantitative estimate of drug-likeness (QED) is 0.226. The van der Waals surface area contributed by atoms with Crippen molar-refractivity contribution >= 4 is 11.5 Å². The smallest absolute Gasteiger partial charge is 0.316 e. The molecule has 0 unspecified atom stereocenters. The van der Waals surface area contributed by atoms with Crippen LogP contribution in [0.4, 0.5) is 0 Å². The van der Waals surface area contributed by atoms with Crippen LogP contribution in [0.2, 0.25) is 0 Å². The van der Waals surface area contributed by atoms with Crippen molar-refractivity contribution in [2.45, 2.75) is 52.5 Å². The third-order valence-corrected chi connectivity index (χ3v) is 4.62. The van der Waals surface area contributed by atoms with Gasteiger partial charge in [-0.3, -0.25) is 4.79 Å². The summed E-state index contributed by atoms with van der Waals surface area (Å²) in [6, 6.07) is 20.1. The number of fused-ring (bicyclic) bond motifs is 1. The fourth-order valence-corrected chi connectivity index (χ4v) is 3.41. The van der Waals surface area contributed by atoms with Crippen LogP contribution in [0.1, 0.15) is 58.2 Å². The molecule has 0 spiro atoms. The molecule has 2 N–H and O–H groups in total. The van der Waals surface area contributed by atoms with Gasteiger partial charge >= 0.3 is 5.78 Å². The Kier molecular flexibility index (Phi) is 8.10. The molecule has 3 nitrogen and oxygen atoms in total. The molecule has 1 aliphatic rings. The Morgan fingerprint density at radius 1 is 1.00 bits per heavy atom. The molecule has 0 saturated carbocycles. The van der Waals surface area contributed by atoms with Crippen LogP contribution in [0.3, 0.4) is 0 Å². The Labute approximate surface area is 182 Å². The fourth-order valence-electron chi connectivity index (χ4n) is 3.41. The van der Waals surface area contributed by atoms with Gasteiger partial charge < -0.3 is 10.1 Å². The number of nitrogens with zero attached hydrogens (tertiary/aromatic N) is 1. The number of aliphatic imine (C=N–C) groups is 1. The summed E-state index contributed by atoms with van der Waals surface area (Å²) in [6.45, 7) is 11.9.